The van der Waals surface area contributed by atoms with Crippen molar-refractivity contribution in [3.63, 3.8) is 0 Å². The van der Waals surface area contributed by atoms with E-state index in [1.165, 1.54) is 0 Å². The predicted octanol–water partition coefficient (Wildman–Crippen LogP) is 3.97. The van der Waals surface area contributed by atoms with Crippen LogP contribution in [0.15, 0.2) is 57.1 Å². The fraction of sp³-hybridized carbons (Fsp3) is 0.0588. The van der Waals surface area contributed by atoms with Gasteiger partial charge in [-0.1, -0.05) is 34.1 Å². The van der Waals surface area contributed by atoms with Crippen molar-refractivity contribution in [3.05, 3.63) is 68.2 Å². The molecule has 1 aliphatic heterocycles. The molecular formula is C17H12Br2N2O3. The van der Waals surface area contributed by atoms with Gasteiger partial charge in [-0.15, -0.1) is 0 Å². The van der Waals surface area contributed by atoms with Crippen LogP contribution in [0, 0.1) is 0 Å². The largest absolute Gasteiger partial charge is 0.488 e. The van der Waals surface area contributed by atoms with E-state index >= 15 is 0 Å². The van der Waals surface area contributed by atoms with Crippen LogP contribution in [-0.2, 0) is 11.4 Å². The third-order valence-corrected chi connectivity index (χ3v) is 4.44. The fourth-order valence-electron chi connectivity index (χ4n) is 2.11. The van der Waals surface area contributed by atoms with Crippen molar-refractivity contribution in [2.24, 2.45) is 0 Å². The summed E-state index contributed by atoms with van der Waals surface area (Å²) in [4.78, 5) is 22.6. The van der Waals surface area contributed by atoms with Gasteiger partial charge in [-0.25, -0.2) is 4.79 Å². The van der Waals surface area contributed by atoms with Gasteiger partial charge in [0.1, 0.15) is 18.1 Å². The lowest BCUT2D eigenvalue weighted by Gasteiger charge is -2.09. The van der Waals surface area contributed by atoms with Crippen LogP contribution in [0.2, 0.25) is 0 Å². The van der Waals surface area contributed by atoms with E-state index in [0.29, 0.717) is 12.4 Å². The zero-order valence-corrected chi connectivity index (χ0v) is 15.5. The number of amides is 3. The van der Waals surface area contributed by atoms with Crippen LogP contribution < -0.4 is 15.4 Å². The van der Waals surface area contributed by atoms with Crippen molar-refractivity contribution in [1.29, 1.82) is 0 Å². The van der Waals surface area contributed by atoms with Gasteiger partial charge in [0.15, 0.2) is 0 Å². The van der Waals surface area contributed by atoms with Gasteiger partial charge in [0.05, 0.1) is 4.47 Å². The summed E-state index contributed by atoms with van der Waals surface area (Å²) in [5.74, 6) is 0.256. The van der Waals surface area contributed by atoms with E-state index in [9.17, 15) is 9.59 Å². The molecule has 0 saturated carbocycles. The summed E-state index contributed by atoms with van der Waals surface area (Å²) in [5.41, 5.74) is 2.04. The molecule has 3 rings (SSSR count). The Hall–Kier alpha value is -2.12. The van der Waals surface area contributed by atoms with E-state index in [1.54, 1.807) is 6.08 Å². The third-order valence-electron chi connectivity index (χ3n) is 3.29. The van der Waals surface area contributed by atoms with Crippen LogP contribution in [0.4, 0.5) is 4.79 Å². The summed E-state index contributed by atoms with van der Waals surface area (Å²) >= 11 is 6.86. The van der Waals surface area contributed by atoms with Crippen molar-refractivity contribution < 1.29 is 14.3 Å². The Balaban J connectivity index is 1.70. The number of hydrogen-bond acceptors (Lipinski definition) is 3. The summed E-state index contributed by atoms with van der Waals surface area (Å²) < 4.78 is 7.58. The normalized spacial score (nSPS) is 15.3. The molecule has 0 aliphatic carbocycles. The number of imide groups is 1. The maximum absolute atomic E-state index is 11.5. The van der Waals surface area contributed by atoms with Crippen molar-refractivity contribution >= 4 is 49.9 Å². The van der Waals surface area contributed by atoms with E-state index in [0.717, 1.165) is 20.1 Å². The Morgan fingerprint density at radius 2 is 1.75 bits per heavy atom. The van der Waals surface area contributed by atoms with Gasteiger partial charge >= 0.3 is 6.03 Å². The Kier molecular flexibility index (Phi) is 5.01. The van der Waals surface area contributed by atoms with Gasteiger partial charge in [-0.3, -0.25) is 10.1 Å². The summed E-state index contributed by atoms with van der Waals surface area (Å²) in [5, 5.41) is 4.61. The standard InChI is InChI=1S/C17H12Br2N2O3/c18-12-4-1-10(2-5-12)9-24-15-6-3-11(7-13(15)19)8-14-16(22)21-17(23)20-14/h1-8H,9H2,(H2,20,21,22,23)/b14-8-. The molecule has 2 aromatic rings. The molecule has 0 atom stereocenters. The van der Waals surface area contributed by atoms with Crippen LogP contribution in [0.25, 0.3) is 6.08 Å². The van der Waals surface area contributed by atoms with Crippen molar-refractivity contribution in [2.45, 2.75) is 6.61 Å². The lowest BCUT2D eigenvalue weighted by Crippen LogP contribution is -2.22. The molecule has 24 heavy (non-hydrogen) atoms. The van der Waals surface area contributed by atoms with Gasteiger partial charge in [-0.05, 0) is 57.4 Å². The number of hydrogen-bond donors (Lipinski definition) is 2. The molecule has 1 aliphatic rings. The van der Waals surface area contributed by atoms with Gasteiger partial charge in [0.25, 0.3) is 5.91 Å². The van der Waals surface area contributed by atoms with Crippen molar-refractivity contribution in [3.8, 4) is 5.75 Å². The molecule has 122 valence electrons. The van der Waals surface area contributed by atoms with Gasteiger partial charge in [0.2, 0.25) is 0 Å². The Labute approximate surface area is 155 Å². The number of urea groups is 1. The summed E-state index contributed by atoms with van der Waals surface area (Å²) in [6, 6.07) is 12.8. The average molecular weight is 452 g/mol. The second kappa shape index (κ2) is 7.19. The smallest absolute Gasteiger partial charge is 0.326 e. The first kappa shape index (κ1) is 16.7. The van der Waals surface area contributed by atoms with Gasteiger partial charge in [-0.2, -0.15) is 0 Å². The molecule has 7 heteroatoms. The molecule has 0 unspecified atom stereocenters. The van der Waals surface area contributed by atoms with E-state index in [1.807, 2.05) is 42.5 Å². The molecule has 1 heterocycles. The lowest BCUT2D eigenvalue weighted by molar-refractivity contribution is -0.115. The molecule has 5 nitrogen and oxygen atoms in total. The first-order chi connectivity index (χ1) is 11.5. The molecule has 1 saturated heterocycles. The Morgan fingerprint density at radius 1 is 1.00 bits per heavy atom. The van der Waals surface area contributed by atoms with Crippen LogP contribution in [0.1, 0.15) is 11.1 Å². The number of carbonyl (C=O) groups is 2. The number of ether oxygens (including phenoxy) is 1. The van der Waals surface area contributed by atoms with E-state index in [4.69, 9.17) is 4.74 Å². The number of halogens is 2. The minimum absolute atomic E-state index is 0.218. The zero-order chi connectivity index (χ0) is 17.1. The topological polar surface area (TPSA) is 67.4 Å². The van der Waals surface area contributed by atoms with Gasteiger partial charge < -0.3 is 10.1 Å². The highest BCUT2D eigenvalue weighted by Gasteiger charge is 2.22. The number of rotatable bonds is 4. The molecule has 0 radical (unpaired) electrons. The van der Waals surface area contributed by atoms with Gasteiger partial charge in [0, 0.05) is 4.47 Å². The first-order valence-electron chi connectivity index (χ1n) is 7.02. The molecule has 0 spiro atoms. The van der Waals surface area contributed by atoms with Crippen LogP contribution in [0.3, 0.4) is 0 Å². The third kappa shape index (κ3) is 4.04. The highest BCUT2D eigenvalue weighted by Crippen LogP contribution is 2.28. The highest BCUT2D eigenvalue weighted by atomic mass is 79.9. The summed E-state index contributed by atoms with van der Waals surface area (Å²) in [6.07, 6.45) is 1.60. The highest BCUT2D eigenvalue weighted by molar-refractivity contribution is 9.10. The maximum atomic E-state index is 11.5. The Morgan fingerprint density at radius 3 is 2.38 bits per heavy atom. The van der Waals surface area contributed by atoms with E-state index in [2.05, 4.69) is 42.5 Å². The van der Waals surface area contributed by atoms with Crippen LogP contribution >= 0.6 is 31.9 Å². The van der Waals surface area contributed by atoms with Crippen LogP contribution in [0.5, 0.6) is 5.75 Å². The SMILES string of the molecule is O=C1NC(=O)/C(=C/c2ccc(OCc3ccc(Br)cc3)c(Br)c2)N1. The average Bonchev–Trinajstić information content (AvgIpc) is 2.86. The van der Waals surface area contributed by atoms with Crippen molar-refractivity contribution in [2.75, 3.05) is 0 Å². The molecule has 2 aromatic carbocycles. The second-order valence-electron chi connectivity index (χ2n) is 5.07. The van der Waals surface area contributed by atoms with E-state index < -0.39 is 11.9 Å². The number of nitrogens with one attached hydrogen (secondary N) is 2. The monoisotopic (exact) mass is 450 g/mol. The summed E-state index contributed by atoms with van der Waals surface area (Å²) in [6.45, 7) is 0.449. The molecule has 0 bridgehead atoms. The fourth-order valence-corrected chi connectivity index (χ4v) is 2.89. The minimum Gasteiger partial charge on any atom is -0.488 e. The quantitative estimate of drug-likeness (QED) is 0.545. The molecule has 1 fully saturated rings. The zero-order valence-electron chi connectivity index (χ0n) is 12.3. The summed E-state index contributed by atoms with van der Waals surface area (Å²) in [7, 11) is 0. The maximum Gasteiger partial charge on any atom is 0.326 e. The van der Waals surface area contributed by atoms with E-state index in [-0.39, 0.29) is 5.70 Å². The van der Waals surface area contributed by atoms with Crippen LogP contribution in [-0.4, -0.2) is 11.9 Å². The first-order valence-corrected chi connectivity index (χ1v) is 8.61. The number of benzene rings is 2. The molecule has 3 amide bonds. The lowest BCUT2D eigenvalue weighted by atomic mass is 10.2. The molecule has 2 N–H and O–H groups in total. The van der Waals surface area contributed by atoms with Crippen molar-refractivity contribution in [1.82, 2.24) is 10.6 Å². The molecular weight excluding hydrogens is 440 g/mol. The number of carbonyl (C=O) groups excluding carboxylic acids is 2. The molecule has 0 aromatic heterocycles. The Bertz CT molecular complexity index is 832. The minimum atomic E-state index is -0.514. The second-order valence-corrected chi connectivity index (χ2v) is 6.84. The predicted molar refractivity (Wildman–Crippen MR) is 97.3 cm³/mol.